The summed E-state index contributed by atoms with van der Waals surface area (Å²) in [7, 11) is -1.52. The molecule has 0 heterocycles. The molecule has 0 aliphatic heterocycles. The van der Waals surface area contributed by atoms with E-state index in [2.05, 4.69) is 5.32 Å². The quantitative estimate of drug-likeness (QED) is 0.707. The van der Waals surface area contributed by atoms with E-state index in [1.54, 1.807) is 12.1 Å². The van der Waals surface area contributed by atoms with E-state index in [4.69, 9.17) is 5.11 Å². The number of nitrogens with one attached hydrogen (secondary N) is 1. The molecule has 3 unspecified atom stereocenters. The van der Waals surface area contributed by atoms with E-state index < -0.39 is 28.8 Å². The van der Waals surface area contributed by atoms with Crippen molar-refractivity contribution >= 4 is 22.4 Å². The lowest BCUT2D eigenvalue weighted by molar-refractivity contribution is -0.115. The number of rotatable bonds is 6. The summed E-state index contributed by atoms with van der Waals surface area (Å²) in [6.07, 6.45) is -1.06. The van der Waals surface area contributed by atoms with Crippen molar-refractivity contribution in [3.63, 3.8) is 0 Å². The van der Waals surface area contributed by atoms with Gasteiger partial charge >= 0.3 is 0 Å². The zero-order chi connectivity index (χ0) is 14.4. The molecule has 3 N–H and O–H groups in total. The first kappa shape index (κ1) is 15.8. The highest BCUT2D eigenvalue weighted by Gasteiger charge is 2.22. The summed E-state index contributed by atoms with van der Waals surface area (Å²) in [4.78, 5) is 11.9. The first-order valence-electron chi connectivity index (χ1n) is 5.97. The number of aliphatic hydroxyl groups excluding tert-OH is 2. The van der Waals surface area contributed by atoms with Crippen LogP contribution in [0.5, 0.6) is 0 Å². The van der Waals surface area contributed by atoms with E-state index in [1.165, 1.54) is 6.92 Å². The molecule has 1 amide bonds. The third kappa shape index (κ3) is 5.10. The predicted molar refractivity (Wildman–Crippen MR) is 75.4 cm³/mol. The van der Waals surface area contributed by atoms with Gasteiger partial charge in [-0.25, -0.2) is 0 Å². The van der Waals surface area contributed by atoms with Gasteiger partial charge < -0.3 is 15.5 Å². The molecule has 0 aliphatic rings. The van der Waals surface area contributed by atoms with Crippen molar-refractivity contribution in [1.29, 1.82) is 0 Å². The van der Waals surface area contributed by atoms with Crippen LogP contribution < -0.4 is 5.32 Å². The summed E-state index contributed by atoms with van der Waals surface area (Å²) in [5.74, 6) is -0.480. The largest absolute Gasteiger partial charge is 0.394 e. The lowest BCUT2D eigenvalue weighted by atomic mass is 10.2. The Labute approximate surface area is 115 Å². The van der Waals surface area contributed by atoms with Crippen LogP contribution in [-0.2, 0) is 15.6 Å². The van der Waals surface area contributed by atoms with Gasteiger partial charge in [0.05, 0.1) is 18.5 Å². The van der Waals surface area contributed by atoms with Gasteiger partial charge in [0.1, 0.15) is 5.25 Å². The van der Waals surface area contributed by atoms with Gasteiger partial charge in [0.25, 0.3) is 0 Å². The Bertz CT molecular complexity index is 446. The van der Waals surface area contributed by atoms with Gasteiger partial charge in [-0.15, -0.1) is 0 Å². The summed E-state index contributed by atoms with van der Waals surface area (Å²) in [5.41, 5.74) is 1.72. The molecule has 19 heavy (non-hydrogen) atoms. The lowest BCUT2D eigenvalue weighted by Gasteiger charge is -2.14. The number of hydrogen-bond donors (Lipinski definition) is 3. The second-order valence-electron chi connectivity index (χ2n) is 4.38. The zero-order valence-corrected chi connectivity index (χ0v) is 11.8. The van der Waals surface area contributed by atoms with Gasteiger partial charge in [-0.05, 0) is 26.0 Å². The van der Waals surface area contributed by atoms with Crippen molar-refractivity contribution in [2.75, 3.05) is 17.7 Å². The Morgan fingerprint density at radius 1 is 1.37 bits per heavy atom. The molecule has 0 saturated carbocycles. The van der Waals surface area contributed by atoms with Gasteiger partial charge in [0.15, 0.2) is 0 Å². The van der Waals surface area contributed by atoms with E-state index in [0.717, 1.165) is 5.56 Å². The first-order valence-corrected chi connectivity index (χ1v) is 7.36. The smallest absolute Gasteiger partial charge is 0.239 e. The molecular formula is C13H19NO4S. The summed E-state index contributed by atoms with van der Waals surface area (Å²) < 4.78 is 11.8. The molecule has 6 heteroatoms. The fourth-order valence-corrected chi connectivity index (χ4v) is 2.46. The fourth-order valence-electron chi connectivity index (χ4n) is 1.39. The predicted octanol–water partition coefficient (Wildman–Crippen LogP) is 0.424. The van der Waals surface area contributed by atoms with E-state index >= 15 is 0 Å². The number of hydrogen-bond acceptors (Lipinski definition) is 4. The number of amides is 1. The van der Waals surface area contributed by atoms with Crippen molar-refractivity contribution in [2.24, 2.45) is 0 Å². The Balaban J connectivity index is 2.57. The van der Waals surface area contributed by atoms with Crippen molar-refractivity contribution in [3.05, 3.63) is 29.8 Å². The number of anilines is 1. The normalized spacial score (nSPS) is 15.6. The third-order valence-electron chi connectivity index (χ3n) is 2.65. The molecule has 106 valence electrons. The second kappa shape index (κ2) is 7.37. The minimum atomic E-state index is -1.52. The van der Waals surface area contributed by atoms with Crippen LogP contribution in [0.15, 0.2) is 24.3 Å². The molecule has 0 spiro atoms. The van der Waals surface area contributed by atoms with Crippen molar-refractivity contribution in [2.45, 2.75) is 25.2 Å². The van der Waals surface area contributed by atoms with Crippen molar-refractivity contribution in [1.82, 2.24) is 0 Å². The number of aryl methyl sites for hydroxylation is 1. The topological polar surface area (TPSA) is 86.6 Å². The van der Waals surface area contributed by atoms with Crippen LogP contribution >= 0.6 is 0 Å². The van der Waals surface area contributed by atoms with Crippen LogP contribution in [0.25, 0.3) is 0 Å². The maximum absolute atomic E-state index is 11.9. The van der Waals surface area contributed by atoms with Crippen LogP contribution in [-0.4, -0.2) is 44.0 Å². The van der Waals surface area contributed by atoms with Crippen LogP contribution in [0.4, 0.5) is 5.69 Å². The van der Waals surface area contributed by atoms with Gasteiger partial charge in [-0.1, -0.05) is 17.7 Å². The summed E-state index contributed by atoms with van der Waals surface area (Å²) in [5, 5.41) is 19.8. The van der Waals surface area contributed by atoms with E-state index in [1.807, 2.05) is 19.1 Å². The maximum Gasteiger partial charge on any atom is 0.239 e. The van der Waals surface area contributed by atoms with Gasteiger partial charge in [-0.3, -0.25) is 9.00 Å². The molecule has 1 aromatic carbocycles. The van der Waals surface area contributed by atoms with Gasteiger partial charge in [0.2, 0.25) is 5.91 Å². The van der Waals surface area contributed by atoms with Gasteiger partial charge in [-0.2, -0.15) is 0 Å². The van der Waals surface area contributed by atoms with Crippen LogP contribution in [0.3, 0.4) is 0 Å². The average molecular weight is 285 g/mol. The number of carbonyl (C=O) groups is 1. The highest BCUT2D eigenvalue weighted by atomic mass is 32.2. The van der Waals surface area contributed by atoms with E-state index in [0.29, 0.717) is 5.69 Å². The molecule has 0 aromatic heterocycles. The Hall–Kier alpha value is -1.24. The molecule has 0 fully saturated rings. The maximum atomic E-state index is 11.9. The summed E-state index contributed by atoms with van der Waals surface area (Å²) in [6.45, 7) is 3.02. The number of aliphatic hydroxyl groups is 2. The monoisotopic (exact) mass is 285 g/mol. The molecule has 5 nitrogen and oxygen atoms in total. The Kier molecular flexibility index (Phi) is 6.14. The second-order valence-corrected chi connectivity index (χ2v) is 6.18. The summed E-state index contributed by atoms with van der Waals surface area (Å²) >= 11 is 0. The number of benzene rings is 1. The molecule has 0 aliphatic carbocycles. The first-order chi connectivity index (χ1) is 8.93. The summed E-state index contributed by atoms with van der Waals surface area (Å²) in [6, 6.07) is 7.27. The Morgan fingerprint density at radius 2 is 1.95 bits per heavy atom. The van der Waals surface area contributed by atoms with Crippen LogP contribution in [0.2, 0.25) is 0 Å². The van der Waals surface area contributed by atoms with Crippen molar-refractivity contribution < 1.29 is 19.2 Å². The average Bonchev–Trinajstić information content (AvgIpc) is 2.40. The van der Waals surface area contributed by atoms with Crippen molar-refractivity contribution in [3.8, 4) is 0 Å². The molecule has 1 rings (SSSR count). The SMILES string of the molecule is Cc1ccc(NC(=O)C(C)S(=O)CC(O)CO)cc1. The standard InChI is InChI=1S/C13H19NO4S/c1-9-3-5-11(6-4-9)14-13(17)10(2)19(18)8-12(16)7-15/h3-6,10,12,15-16H,7-8H2,1-2H3,(H,14,17). The zero-order valence-electron chi connectivity index (χ0n) is 11.0. The highest BCUT2D eigenvalue weighted by molar-refractivity contribution is 7.86. The molecule has 1 aromatic rings. The molecule has 0 bridgehead atoms. The highest BCUT2D eigenvalue weighted by Crippen LogP contribution is 2.10. The minimum absolute atomic E-state index is 0.112. The molecule has 0 saturated heterocycles. The van der Waals surface area contributed by atoms with E-state index in [9.17, 15) is 14.1 Å². The molecule has 0 radical (unpaired) electrons. The van der Waals surface area contributed by atoms with Gasteiger partial charge in [0, 0.05) is 16.5 Å². The minimum Gasteiger partial charge on any atom is -0.394 e. The van der Waals surface area contributed by atoms with Crippen LogP contribution in [0.1, 0.15) is 12.5 Å². The third-order valence-corrected chi connectivity index (χ3v) is 4.37. The van der Waals surface area contributed by atoms with Crippen LogP contribution in [0, 0.1) is 6.92 Å². The molecular weight excluding hydrogens is 266 g/mol. The van der Waals surface area contributed by atoms with E-state index in [-0.39, 0.29) is 11.7 Å². The lowest BCUT2D eigenvalue weighted by Crippen LogP contribution is -2.34. The fraction of sp³-hybridized carbons (Fsp3) is 0.462. The Morgan fingerprint density at radius 3 is 2.47 bits per heavy atom. The number of carbonyl (C=O) groups excluding carboxylic acids is 1. The molecule has 3 atom stereocenters.